The van der Waals surface area contributed by atoms with Gasteiger partial charge in [-0.15, -0.1) is 0 Å². The van der Waals surface area contributed by atoms with E-state index in [1.165, 1.54) is 23.1 Å². The van der Waals surface area contributed by atoms with Gasteiger partial charge in [0.15, 0.2) is 6.04 Å². The normalized spacial score (nSPS) is 19.2. The van der Waals surface area contributed by atoms with Gasteiger partial charge in [-0.2, -0.15) is 0 Å². The van der Waals surface area contributed by atoms with Crippen LogP contribution in [0, 0.1) is 0 Å². The van der Waals surface area contributed by atoms with Crippen LogP contribution in [0.1, 0.15) is 18.1 Å². The topological polar surface area (TPSA) is 62.6 Å². The SMILES string of the molecule is CNC(=O)NC(=O)[C@@H](C)[NH+]1CCc2ccccc2C1. The molecule has 0 aromatic heterocycles. The van der Waals surface area contributed by atoms with Gasteiger partial charge in [0.1, 0.15) is 6.54 Å². The smallest absolute Gasteiger partial charge is 0.321 e. The second-order valence-corrected chi connectivity index (χ2v) is 4.89. The molecule has 0 saturated carbocycles. The van der Waals surface area contributed by atoms with Crippen molar-refractivity contribution in [2.75, 3.05) is 13.6 Å². The maximum Gasteiger partial charge on any atom is 0.321 e. The molecule has 0 saturated heterocycles. The third-order valence-electron chi connectivity index (χ3n) is 3.72. The minimum Gasteiger partial charge on any atom is -0.341 e. The molecule has 1 heterocycles. The molecule has 1 aromatic rings. The van der Waals surface area contributed by atoms with E-state index in [9.17, 15) is 9.59 Å². The molecule has 2 atom stereocenters. The van der Waals surface area contributed by atoms with Crippen molar-refractivity contribution < 1.29 is 14.5 Å². The Morgan fingerprint density at radius 3 is 2.63 bits per heavy atom. The highest BCUT2D eigenvalue weighted by Gasteiger charge is 2.29. The van der Waals surface area contributed by atoms with Crippen LogP contribution in [0.3, 0.4) is 0 Å². The molecule has 1 unspecified atom stereocenters. The molecule has 3 N–H and O–H groups in total. The van der Waals surface area contributed by atoms with E-state index in [1.807, 2.05) is 19.1 Å². The number of carbonyl (C=O) groups is 2. The number of nitrogens with one attached hydrogen (secondary N) is 3. The van der Waals surface area contributed by atoms with E-state index in [4.69, 9.17) is 0 Å². The Morgan fingerprint density at radius 1 is 1.26 bits per heavy atom. The molecule has 0 radical (unpaired) electrons. The first kappa shape index (κ1) is 13.5. The Balaban J connectivity index is 2.00. The van der Waals surface area contributed by atoms with Crippen LogP contribution in [0.4, 0.5) is 4.79 Å². The van der Waals surface area contributed by atoms with Crippen molar-refractivity contribution >= 4 is 11.9 Å². The maximum absolute atomic E-state index is 11.9. The number of amides is 3. The second-order valence-electron chi connectivity index (χ2n) is 4.89. The van der Waals surface area contributed by atoms with Crippen LogP contribution in [0.2, 0.25) is 0 Å². The lowest BCUT2D eigenvalue weighted by atomic mass is 9.99. The van der Waals surface area contributed by atoms with Crippen molar-refractivity contribution in [3.05, 3.63) is 35.4 Å². The van der Waals surface area contributed by atoms with Crippen molar-refractivity contribution in [2.45, 2.75) is 25.9 Å². The van der Waals surface area contributed by atoms with E-state index in [0.717, 1.165) is 19.5 Å². The zero-order chi connectivity index (χ0) is 13.8. The first-order valence-corrected chi connectivity index (χ1v) is 6.55. The lowest BCUT2D eigenvalue weighted by molar-refractivity contribution is -0.929. The molecule has 102 valence electrons. The van der Waals surface area contributed by atoms with E-state index in [-0.39, 0.29) is 11.9 Å². The van der Waals surface area contributed by atoms with Gasteiger partial charge < -0.3 is 10.2 Å². The lowest BCUT2D eigenvalue weighted by Gasteiger charge is -2.29. The standard InChI is InChI=1S/C14H19N3O2/c1-10(13(18)16-14(19)15-2)17-8-7-11-5-3-4-6-12(11)9-17/h3-6,10H,7-9H2,1-2H3,(H2,15,16,18,19)/p+1/t10-/m1/s1. The molecule has 1 aliphatic rings. The quantitative estimate of drug-likeness (QED) is 0.671. The van der Waals surface area contributed by atoms with Crippen molar-refractivity contribution in [2.24, 2.45) is 0 Å². The molecule has 1 aliphatic heterocycles. The van der Waals surface area contributed by atoms with E-state index in [0.29, 0.717) is 0 Å². The summed E-state index contributed by atoms with van der Waals surface area (Å²) < 4.78 is 0. The highest BCUT2D eigenvalue weighted by molar-refractivity contribution is 5.96. The first-order valence-electron chi connectivity index (χ1n) is 6.55. The minimum atomic E-state index is -0.450. The van der Waals surface area contributed by atoms with Gasteiger partial charge in [0.25, 0.3) is 5.91 Å². The average Bonchev–Trinajstić information content (AvgIpc) is 2.45. The minimum absolute atomic E-state index is 0.228. The van der Waals surface area contributed by atoms with E-state index in [2.05, 4.69) is 22.8 Å². The Labute approximate surface area is 113 Å². The van der Waals surface area contributed by atoms with Crippen molar-refractivity contribution in [1.82, 2.24) is 10.6 Å². The third kappa shape index (κ3) is 3.12. The van der Waals surface area contributed by atoms with Gasteiger partial charge in [-0.3, -0.25) is 10.1 Å². The number of benzene rings is 1. The van der Waals surface area contributed by atoms with Crippen molar-refractivity contribution in [3.63, 3.8) is 0 Å². The number of hydrogen-bond acceptors (Lipinski definition) is 2. The Morgan fingerprint density at radius 2 is 1.95 bits per heavy atom. The first-order chi connectivity index (χ1) is 9.11. The zero-order valence-corrected chi connectivity index (χ0v) is 11.3. The molecular formula is C14H20N3O2+. The zero-order valence-electron chi connectivity index (χ0n) is 11.3. The van der Waals surface area contributed by atoms with Gasteiger partial charge >= 0.3 is 6.03 Å². The largest absolute Gasteiger partial charge is 0.341 e. The monoisotopic (exact) mass is 262 g/mol. The highest BCUT2D eigenvalue weighted by Crippen LogP contribution is 2.10. The van der Waals surface area contributed by atoms with Crippen LogP contribution in [-0.4, -0.2) is 31.6 Å². The fourth-order valence-corrected chi connectivity index (χ4v) is 2.44. The number of urea groups is 1. The van der Waals surface area contributed by atoms with Crippen LogP contribution < -0.4 is 15.5 Å². The number of imide groups is 1. The average molecular weight is 262 g/mol. The lowest BCUT2D eigenvalue weighted by Crippen LogP contribution is -3.16. The van der Waals surface area contributed by atoms with Crippen LogP contribution >= 0.6 is 0 Å². The summed E-state index contributed by atoms with van der Waals surface area (Å²) in [6.07, 6.45) is 0.975. The molecule has 5 heteroatoms. The van der Waals surface area contributed by atoms with E-state index < -0.39 is 6.03 Å². The van der Waals surface area contributed by atoms with Crippen LogP contribution in [0.25, 0.3) is 0 Å². The van der Waals surface area contributed by atoms with E-state index >= 15 is 0 Å². The predicted octanol–water partition coefficient (Wildman–Crippen LogP) is -0.528. The molecule has 0 aliphatic carbocycles. The number of rotatable bonds is 2. The van der Waals surface area contributed by atoms with Crippen molar-refractivity contribution in [1.29, 1.82) is 0 Å². The fourth-order valence-electron chi connectivity index (χ4n) is 2.44. The molecule has 2 rings (SSSR count). The van der Waals surface area contributed by atoms with Crippen LogP contribution in [0.15, 0.2) is 24.3 Å². The summed E-state index contributed by atoms with van der Waals surface area (Å²) in [5, 5.41) is 4.73. The molecule has 1 aromatic carbocycles. The molecule has 19 heavy (non-hydrogen) atoms. The summed E-state index contributed by atoms with van der Waals surface area (Å²) in [5.41, 5.74) is 2.66. The van der Waals surface area contributed by atoms with E-state index in [1.54, 1.807) is 0 Å². The summed E-state index contributed by atoms with van der Waals surface area (Å²) >= 11 is 0. The summed E-state index contributed by atoms with van der Waals surface area (Å²) in [6, 6.07) is 7.64. The highest BCUT2D eigenvalue weighted by atomic mass is 16.2. The Hall–Kier alpha value is -1.88. The third-order valence-corrected chi connectivity index (χ3v) is 3.72. The van der Waals surface area contributed by atoms with Gasteiger partial charge in [-0.25, -0.2) is 4.79 Å². The summed E-state index contributed by atoms with van der Waals surface area (Å²) in [5.74, 6) is -0.228. The molecule has 0 fully saturated rings. The summed E-state index contributed by atoms with van der Waals surface area (Å²) in [4.78, 5) is 24.3. The van der Waals surface area contributed by atoms with Gasteiger partial charge in [0.2, 0.25) is 0 Å². The molecular weight excluding hydrogens is 242 g/mol. The van der Waals surface area contributed by atoms with Gasteiger partial charge in [-0.05, 0) is 12.5 Å². The fraction of sp³-hybridized carbons (Fsp3) is 0.429. The van der Waals surface area contributed by atoms with Gasteiger partial charge in [0, 0.05) is 19.0 Å². The number of fused-ring (bicyclic) bond motifs is 1. The van der Waals surface area contributed by atoms with Crippen LogP contribution in [-0.2, 0) is 17.8 Å². The predicted molar refractivity (Wildman–Crippen MR) is 71.7 cm³/mol. The number of quaternary nitrogens is 1. The summed E-state index contributed by atoms with van der Waals surface area (Å²) in [6.45, 7) is 3.61. The molecule has 0 bridgehead atoms. The Kier molecular flexibility index (Phi) is 4.16. The second kappa shape index (κ2) is 5.84. The molecule has 5 nitrogen and oxygen atoms in total. The van der Waals surface area contributed by atoms with Gasteiger partial charge in [0.05, 0.1) is 6.54 Å². The molecule has 0 spiro atoms. The Bertz CT molecular complexity index is 487. The maximum atomic E-state index is 11.9. The van der Waals surface area contributed by atoms with Gasteiger partial charge in [-0.1, -0.05) is 24.3 Å². The van der Waals surface area contributed by atoms with Crippen LogP contribution in [0.5, 0.6) is 0 Å². The molecule has 3 amide bonds. The number of hydrogen-bond donors (Lipinski definition) is 3. The van der Waals surface area contributed by atoms with Crippen molar-refractivity contribution in [3.8, 4) is 0 Å². The summed E-state index contributed by atoms with van der Waals surface area (Å²) in [7, 11) is 1.50. The number of carbonyl (C=O) groups excluding carboxylic acids is 2.